The smallest absolute Gasteiger partial charge is 0.387 e. The zero-order valence-electron chi connectivity index (χ0n) is 36.9. The van der Waals surface area contributed by atoms with Gasteiger partial charge < -0.3 is 21.1 Å². The number of phosphoric ester groups is 1. The molecule has 3 atom stereocenters. The highest BCUT2D eigenvalue weighted by Crippen LogP contribution is 2.43. The molecule has 0 fully saturated rings. The summed E-state index contributed by atoms with van der Waals surface area (Å²) >= 11 is 0. The lowest BCUT2D eigenvalue weighted by atomic mass is 10.0. The quantitative estimate of drug-likeness (QED) is 0.0273. The van der Waals surface area contributed by atoms with Crippen molar-refractivity contribution in [3.63, 3.8) is 0 Å². The molecule has 0 saturated carbocycles. The first kappa shape index (κ1) is 55.0. The van der Waals surface area contributed by atoms with Crippen molar-refractivity contribution in [1.82, 2.24) is 5.32 Å². The fourth-order valence-corrected chi connectivity index (χ4v) is 7.89. The average Bonchev–Trinajstić information content (AvgIpc) is 3.19. The molecule has 9 heteroatoms. The van der Waals surface area contributed by atoms with E-state index in [9.17, 15) is 19.4 Å². The number of carbonyl (C=O) groups excluding carboxylic acids is 1. The number of hydrogen-bond donors (Lipinski definition) is 4. The standard InChI is InChI=1S/C47H93N2O6P/c1-3-5-7-9-11-13-15-17-19-21-22-23-25-26-28-30-32-34-36-38-40-46(50)45(44-55-56(52,53)54-43-42-48)49-47(51)41-39-37-35-33-31-29-27-24-20-18-16-14-12-10-8-6-4-2/h18,20,38,40,45-46,50H,3-17,19,21-37,39,41-44,48H2,1-2H3,(H,49,51)(H,52,53)/b20-18-,40-38+. The number of aliphatic hydroxyl groups is 1. The molecule has 0 radical (unpaired) electrons. The van der Waals surface area contributed by atoms with Crippen LogP contribution in [0.4, 0.5) is 0 Å². The predicted octanol–water partition coefficient (Wildman–Crippen LogP) is 13.7. The van der Waals surface area contributed by atoms with Gasteiger partial charge >= 0.3 is 7.82 Å². The molecule has 8 nitrogen and oxygen atoms in total. The summed E-state index contributed by atoms with van der Waals surface area (Å²) in [6, 6.07) is -0.860. The Labute approximate surface area is 347 Å². The Kier molecular flexibility index (Phi) is 42.8. The van der Waals surface area contributed by atoms with E-state index in [0.29, 0.717) is 6.42 Å². The summed E-state index contributed by atoms with van der Waals surface area (Å²) in [5.41, 5.74) is 5.38. The summed E-state index contributed by atoms with van der Waals surface area (Å²) in [4.78, 5) is 22.8. The third kappa shape index (κ3) is 41.2. The molecule has 0 aromatic carbocycles. The Balaban J connectivity index is 4.14. The predicted molar refractivity (Wildman–Crippen MR) is 240 cm³/mol. The number of phosphoric acid groups is 1. The maximum absolute atomic E-state index is 12.8. The first-order valence-corrected chi connectivity index (χ1v) is 25.5. The van der Waals surface area contributed by atoms with Gasteiger partial charge in [-0.15, -0.1) is 0 Å². The molecule has 0 rings (SSSR count). The van der Waals surface area contributed by atoms with Crippen LogP contribution >= 0.6 is 7.82 Å². The van der Waals surface area contributed by atoms with Gasteiger partial charge in [-0.05, 0) is 44.9 Å². The van der Waals surface area contributed by atoms with Gasteiger partial charge in [0.1, 0.15) is 0 Å². The first-order valence-electron chi connectivity index (χ1n) is 24.0. The minimum Gasteiger partial charge on any atom is -0.387 e. The highest BCUT2D eigenvalue weighted by atomic mass is 31.2. The third-order valence-electron chi connectivity index (χ3n) is 10.8. The number of hydrogen-bond acceptors (Lipinski definition) is 6. The van der Waals surface area contributed by atoms with Crippen molar-refractivity contribution in [2.24, 2.45) is 5.73 Å². The second kappa shape index (κ2) is 43.6. The number of unbranched alkanes of at least 4 members (excludes halogenated alkanes) is 31. The summed E-state index contributed by atoms with van der Waals surface area (Å²) in [5.74, 6) is -0.196. The molecule has 0 heterocycles. The molecule has 56 heavy (non-hydrogen) atoms. The average molecular weight is 813 g/mol. The van der Waals surface area contributed by atoms with E-state index in [0.717, 1.165) is 38.5 Å². The van der Waals surface area contributed by atoms with Gasteiger partial charge in [0.15, 0.2) is 0 Å². The number of allylic oxidation sites excluding steroid dienone is 3. The maximum atomic E-state index is 12.8. The molecule has 0 aliphatic carbocycles. The molecule has 0 aromatic heterocycles. The normalized spacial score (nSPS) is 14.2. The molecule has 5 N–H and O–H groups in total. The van der Waals surface area contributed by atoms with Crippen LogP contribution in [0.5, 0.6) is 0 Å². The Bertz CT molecular complexity index is 932. The van der Waals surface area contributed by atoms with Crippen LogP contribution in [-0.2, 0) is 18.4 Å². The lowest BCUT2D eigenvalue weighted by molar-refractivity contribution is -0.123. The molecule has 3 unspecified atom stereocenters. The van der Waals surface area contributed by atoms with Crippen molar-refractivity contribution in [1.29, 1.82) is 0 Å². The Hall–Kier alpha value is -1.02. The van der Waals surface area contributed by atoms with Crippen LogP contribution in [0.25, 0.3) is 0 Å². The molecule has 0 saturated heterocycles. The van der Waals surface area contributed by atoms with Crippen LogP contribution in [0.3, 0.4) is 0 Å². The van der Waals surface area contributed by atoms with Crippen LogP contribution in [0.15, 0.2) is 24.3 Å². The van der Waals surface area contributed by atoms with Crippen LogP contribution in [0, 0.1) is 0 Å². The largest absolute Gasteiger partial charge is 0.472 e. The summed E-state index contributed by atoms with van der Waals surface area (Å²) in [6.07, 6.45) is 50.9. The van der Waals surface area contributed by atoms with E-state index in [4.69, 9.17) is 14.8 Å². The minimum atomic E-state index is -4.34. The van der Waals surface area contributed by atoms with Gasteiger partial charge in [-0.2, -0.15) is 0 Å². The monoisotopic (exact) mass is 813 g/mol. The van der Waals surface area contributed by atoms with Crippen molar-refractivity contribution in [3.05, 3.63) is 24.3 Å². The lowest BCUT2D eigenvalue weighted by Gasteiger charge is -2.23. The Morgan fingerprint density at radius 2 is 0.929 bits per heavy atom. The van der Waals surface area contributed by atoms with Crippen molar-refractivity contribution < 1.29 is 28.4 Å². The van der Waals surface area contributed by atoms with Crippen molar-refractivity contribution >= 4 is 13.7 Å². The second-order valence-electron chi connectivity index (χ2n) is 16.3. The van der Waals surface area contributed by atoms with Crippen LogP contribution < -0.4 is 11.1 Å². The number of aliphatic hydroxyl groups excluding tert-OH is 1. The number of carbonyl (C=O) groups is 1. The second-order valence-corrected chi connectivity index (χ2v) is 17.8. The lowest BCUT2D eigenvalue weighted by Crippen LogP contribution is -2.45. The number of nitrogens with one attached hydrogen (secondary N) is 1. The highest BCUT2D eigenvalue weighted by molar-refractivity contribution is 7.47. The molecule has 1 amide bonds. The molecule has 0 spiro atoms. The van der Waals surface area contributed by atoms with E-state index < -0.39 is 20.0 Å². The van der Waals surface area contributed by atoms with E-state index in [-0.39, 0.29) is 25.7 Å². The summed E-state index contributed by atoms with van der Waals surface area (Å²) < 4.78 is 22.2. The maximum Gasteiger partial charge on any atom is 0.472 e. The van der Waals surface area contributed by atoms with E-state index in [1.54, 1.807) is 6.08 Å². The number of nitrogens with two attached hydrogens (primary N) is 1. The summed E-state index contributed by atoms with van der Waals surface area (Å²) in [6.45, 7) is 4.15. The zero-order valence-corrected chi connectivity index (χ0v) is 37.8. The van der Waals surface area contributed by atoms with E-state index in [1.165, 1.54) is 180 Å². The van der Waals surface area contributed by atoms with Gasteiger partial charge in [0.2, 0.25) is 5.91 Å². The fourth-order valence-electron chi connectivity index (χ4n) is 7.13. The van der Waals surface area contributed by atoms with Crippen molar-refractivity contribution in [3.8, 4) is 0 Å². The van der Waals surface area contributed by atoms with Crippen molar-refractivity contribution in [2.45, 2.75) is 251 Å². The van der Waals surface area contributed by atoms with Crippen molar-refractivity contribution in [2.75, 3.05) is 19.8 Å². The molecule has 332 valence electrons. The molecular formula is C47H93N2O6P. The molecule has 0 aromatic rings. The van der Waals surface area contributed by atoms with Gasteiger partial charge in [0.25, 0.3) is 0 Å². The molecular weight excluding hydrogens is 719 g/mol. The van der Waals surface area contributed by atoms with Gasteiger partial charge in [-0.1, -0.05) is 212 Å². The van der Waals surface area contributed by atoms with Crippen LogP contribution in [0.2, 0.25) is 0 Å². The van der Waals surface area contributed by atoms with Crippen LogP contribution in [0.1, 0.15) is 239 Å². The minimum absolute atomic E-state index is 0.0789. The third-order valence-corrected chi connectivity index (χ3v) is 11.8. The summed E-state index contributed by atoms with van der Waals surface area (Å²) in [5, 5.41) is 13.7. The van der Waals surface area contributed by atoms with E-state index >= 15 is 0 Å². The van der Waals surface area contributed by atoms with Gasteiger partial charge in [-0.3, -0.25) is 13.8 Å². The first-order chi connectivity index (χ1) is 27.4. The van der Waals surface area contributed by atoms with Gasteiger partial charge in [0.05, 0.1) is 25.4 Å². The Morgan fingerprint density at radius 3 is 1.32 bits per heavy atom. The molecule has 0 bridgehead atoms. The molecule has 0 aliphatic rings. The van der Waals surface area contributed by atoms with E-state index in [1.807, 2.05) is 6.08 Å². The molecule has 0 aliphatic heterocycles. The summed E-state index contributed by atoms with van der Waals surface area (Å²) in [7, 11) is -4.34. The van der Waals surface area contributed by atoms with Crippen LogP contribution in [-0.4, -0.2) is 47.8 Å². The highest BCUT2D eigenvalue weighted by Gasteiger charge is 2.26. The number of amides is 1. The fraction of sp³-hybridized carbons (Fsp3) is 0.894. The topological polar surface area (TPSA) is 131 Å². The number of rotatable bonds is 45. The van der Waals surface area contributed by atoms with E-state index in [2.05, 4.69) is 31.3 Å². The van der Waals surface area contributed by atoms with Gasteiger partial charge in [-0.25, -0.2) is 4.57 Å². The Morgan fingerprint density at radius 1 is 0.571 bits per heavy atom. The van der Waals surface area contributed by atoms with Gasteiger partial charge in [0, 0.05) is 13.0 Å². The SMILES string of the molecule is CCCCCCCC/C=C\CCCCCCCCCC(=O)NC(COP(=O)(O)OCCN)C(O)/C=C/CCCCCCCCCCCCCCCCCCCC. The zero-order chi connectivity index (χ0) is 41.1.